The van der Waals surface area contributed by atoms with Crippen molar-refractivity contribution in [2.75, 3.05) is 19.6 Å². The van der Waals surface area contributed by atoms with E-state index in [2.05, 4.69) is 56.7 Å². The van der Waals surface area contributed by atoms with Crippen LogP contribution in [0.5, 0.6) is 0 Å². The van der Waals surface area contributed by atoms with E-state index in [0.29, 0.717) is 11.8 Å². The molecule has 1 heterocycles. The molecule has 21 heavy (non-hydrogen) atoms. The summed E-state index contributed by atoms with van der Waals surface area (Å²) >= 11 is 0. The zero-order valence-corrected chi connectivity index (χ0v) is 14.9. The molecule has 1 N–H and O–H groups in total. The molecule has 1 aliphatic rings. The Morgan fingerprint density at radius 2 is 1.81 bits per heavy atom. The van der Waals surface area contributed by atoms with Crippen molar-refractivity contribution >= 4 is 5.91 Å². The first-order valence-corrected chi connectivity index (χ1v) is 8.75. The summed E-state index contributed by atoms with van der Waals surface area (Å²) in [6.45, 7) is 16.2. The number of nitrogens with one attached hydrogen (secondary N) is 1. The topological polar surface area (TPSA) is 35.6 Å². The summed E-state index contributed by atoms with van der Waals surface area (Å²) in [5, 5.41) is 3.57. The summed E-state index contributed by atoms with van der Waals surface area (Å²) in [5.41, 5.74) is 0. The molecule has 1 fully saturated rings. The van der Waals surface area contributed by atoms with E-state index in [1.807, 2.05) is 0 Å². The van der Waals surface area contributed by atoms with Crippen LogP contribution in [0.25, 0.3) is 0 Å². The van der Waals surface area contributed by atoms with Crippen LogP contribution in [0.2, 0.25) is 0 Å². The summed E-state index contributed by atoms with van der Waals surface area (Å²) in [6, 6.07) is 0.299. The van der Waals surface area contributed by atoms with Crippen molar-refractivity contribution in [2.45, 2.75) is 79.1 Å². The van der Waals surface area contributed by atoms with Gasteiger partial charge in [0.25, 0.3) is 0 Å². The lowest BCUT2D eigenvalue weighted by atomic mass is 10.1. The van der Waals surface area contributed by atoms with Gasteiger partial charge in [0, 0.05) is 12.6 Å². The molecule has 1 amide bonds. The SMILES string of the molecule is CCCC1NC(CC(C)C)N(C(C)CN(CC)CC)C1=O. The molecule has 1 aliphatic heterocycles. The fourth-order valence-corrected chi connectivity index (χ4v) is 3.31. The maximum absolute atomic E-state index is 12.7. The van der Waals surface area contributed by atoms with Crippen molar-refractivity contribution in [1.82, 2.24) is 15.1 Å². The van der Waals surface area contributed by atoms with E-state index in [4.69, 9.17) is 0 Å². The Kier molecular flexibility index (Phi) is 7.67. The summed E-state index contributed by atoms with van der Waals surface area (Å²) in [7, 11) is 0. The number of rotatable bonds is 9. The average Bonchev–Trinajstić information content (AvgIpc) is 2.72. The van der Waals surface area contributed by atoms with Crippen molar-refractivity contribution < 1.29 is 4.79 Å². The third kappa shape index (κ3) is 4.96. The zero-order valence-electron chi connectivity index (χ0n) is 14.9. The Bertz CT molecular complexity index is 315. The smallest absolute Gasteiger partial charge is 0.241 e. The summed E-state index contributed by atoms with van der Waals surface area (Å²) < 4.78 is 0. The third-order valence-corrected chi connectivity index (χ3v) is 4.45. The standard InChI is InChI=1S/C17H35N3O/c1-7-10-15-17(21)20(16(18-15)11-13(4)5)14(6)12-19(8-2)9-3/h13-16,18H,7-12H2,1-6H3. The number of carbonyl (C=O) groups is 1. The first-order valence-electron chi connectivity index (χ1n) is 8.75. The molecule has 0 radical (unpaired) electrons. The Hall–Kier alpha value is -0.610. The molecule has 1 saturated heterocycles. The molecule has 0 aromatic heterocycles. The second kappa shape index (κ2) is 8.74. The van der Waals surface area contributed by atoms with Gasteiger partial charge < -0.3 is 9.80 Å². The van der Waals surface area contributed by atoms with Gasteiger partial charge in [0.15, 0.2) is 0 Å². The molecule has 4 nitrogen and oxygen atoms in total. The van der Waals surface area contributed by atoms with E-state index < -0.39 is 0 Å². The Morgan fingerprint density at radius 3 is 2.29 bits per heavy atom. The second-order valence-electron chi connectivity index (χ2n) is 6.73. The minimum Gasteiger partial charge on any atom is -0.322 e. The number of amides is 1. The van der Waals surface area contributed by atoms with Gasteiger partial charge in [0.2, 0.25) is 5.91 Å². The van der Waals surface area contributed by atoms with E-state index in [9.17, 15) is 4.79 Å². The van der Waals surface area contributed by atoms with Crippen molar-refractivity contribution in [3.63, 3.8) is 0 Å². The molecular weight excluding hydrogens is 262 g/mol. The summed E-state index contributed by atoms with van der Waals surface area (Å²) in [6.07, 6.45) is 3.24. The van der Waals surface area contributed by atoms with E-state index in [1.165, 1.54) is 0 Å². The van der Waals surface area contributed by atoms with Crippen LogP contribution in [-0.2, 0) is 4.79 Å². The average molecular weight is 297 g/mol. The van der Waals surface area contributed by atoms with Crippen LogP contribution in [0.15, 0.2) is 0 Å². The highest BCUT2D eigenvalue weighted by molar-refractivity contribution is 5.84. The molecule has 0 aliphatic carbocycles. The van der Waals surface area contributed by atoms with E-state index in [-0.39, 0.29) is 18.2 Å². The Morgan fingerprint density at radius 1 is 1.19 bits per heavy atom. The van der Waals surface area contributed by atoms with Crippen LogP contribution in [0, 0.1) is 5.92 Å². The van der Waals surface area contributed by atoms with Crippen LogP contribution in [0.1, 0.15) is 60.8 Å². The number of likely N-dealkylation sites (N-methyl/N-ethyl adjacent to an activating group) is 1. The largest absolute Gasteiger partial charge is 0.322 e. The predicted molar refractivity (Wildman–Crippen MR) is 89.2 cm³/mol. The number of nitrogens with zero attached hydrogens (tertiary/aromatic N) is 2. The van der Waals surface area contributed by atoms with Gasteiger partial charge in [-0.3, -0.25) is 10.1 Å². The number of hydrogen-bond donors (Lipinski definition) is 1. The van der Waals surface area contributed by atoms with Crippen molar-refractivity contribution in [3.05, 3.63) is 0 Å². The lowest BCUT2D eigenvalue weighted by Crippen LogP contribution is -2.48. The highest BCUT2D eigenvalue weighted by atomic mass is 16.2. The van der Waals surface area contributed by atoms with Gasteiger partial charge in [-0.15, -0.1) is 0 Å². The number of hydrogen-bond acceptors (Lipinski definition) is 3. The first-order chi connectivity index (χ1) is 9.94. The fourth-order valence-electron chi connectivity index (χ4n) is 3.31. The lowest BCUT2D eigenvalue weighted by molar-refractivity contribution is -0.132. The monoisotopic (exact) mass is 297 g/mol. The Balaban J connectivity index is 2.79. The predicted octanol–water partition coefficient (Wildman–Crippen LogP) is 2.69. The van der Waals surface area contributed by atoms with Gasteiger partial charge in [0.05, 0.1) is 12.2 Å². The molecule has 4 heteroatoms. The minimum atomic E-state index is 0.0258. The molecular formula is C17H35N3O. The molecule has 1 rings (SSSR count). The second-order valence-corrected chi connectivity index (χ2v) is 6.73. The minimum absolute atomic E-state index is 0.0258. The van der Waals surface area contributed by atoms with Crippen LogP contribution < -0.4 is 5.32 Å². The van der Waals surface area contributed by atoms with Gasteiger partial charge >= 0.3 is 0 Å². The highest BCUT2D eigenvalue weighted by Gasteiger charge is 2.40. The summed E-state index contributed by atoms with van der Waals surface area (Å²) in [4.78, 5) is 17.3. The van der Waals surface area contributed by atoms with Gasteiger partial charge in [-0.2, -0.15) is 0 Å². The fraction of sp³-hybridized carbons (Fsp3) is 0.941. The maximum atomic E-state index is 12.7. The molecule has 0 aromatic rings. The van der Waals surface area contributed by atoms with Crippen molar-refractivity contribution in [1.29, 1.82) is 0 Å². The molecule has 0 bridgehead atoms. The molecule has 0 aromatic carbocycles. The first kappa shape index (κ1) is 18.4. The molecule has 3 atom stereocenters. The molecule has 0 spiro atoms. The maximum Gasteiger partial charge on any atom is 0.241 e. The summed E-state index contributed by atoms with van der Waals surface area (Å²) in [5.74, 6) is 0.904. The zero-order chi connectivity index (χ0) is 16.0. The van der Waals surface area contributed by atoms with E-state index in [1.54, 1.807) is 0 Å². The van der Waals surface area contributed by atoms with Crippen LogP contribution in [0.4, 0.5) is 0 Å². The van der Waals surface area contributed by atoms with Gasteiger partial charge in [-0.05, 0) is 38.8 Å². The van der Waals surface area contributed by atoms with Gasteiger partial charge in [-0.1, -0.05) is 41.0 Å². The molecule has 0 saturated carbocycles. The van der Waals surface area contributed by atoms with Crippen molar-refractivity contribution in [3.8, 4) is 0 Å². The third-order valence-electron chi connectivity index (χ3n) is 4.45. The normalized spacial score (nSPS) is 24.4. The van der Waals surface area contributed by atoms with Crippen LogP contribution in [0.3, 0.4) is 0 Å². The van der Waals surface area contributed by atoms with E-state index >= 15 is 0 Å². The molecule has 124 valence electrons. The number of carbonyl (C=O) groups excluding carboxylic acids is 1. The van der Waals surface area contributed by atoms with Gasteiger partial charge in [0.1, 0.15) is 0 Å². The van der Waals surface area contributed by atoms with Crippen LogP contribution >= 0.6 is 0 Å². The Labute approximate surface area is 131 Å². The van der Waals surface area contributed by atoms with Crippen LogP contribution in [-0.4, -0.2) is 53.6 Å². The lowest BCUT2D eigenvalue weighted by Gasteiger charge is -2.34. The quantitative estimate of drug-likeness (QED) is 0.711. The van der Waals surface area contributed by atoms with Gasteiger partial charge in [-0.25, -0.2) is 0 Å². The van der Waals surface area contributed by atoms with E-state index in [0.717, 1.165) is 38.9 Å². The highest BCUT2D eigenvalue weighted by Crippen LogP contribution is 2.23. The molecule has 3 unspecified atom stereocenters. The van der Waals surface area contributed by atoms with Crippen molar-refractivity contribution in [2.24, 2.45) is 5.92 Å².